The molecule has 16 heavy (non-hydrogen) atoms. The third kappa shape index (κ3) is 6.59. The van der Waals surface area contributed by atoms with Crippen LogP contribution in [-0.2, 0) is 6.42 Å². The molecular formula is C14H24N2. The summed E-state index contributed by atoms with van der Waals surface area (Å²) in [4.78, 5) is 2.21. The number of benzene rings is 1. The number of likely N-dealkylation sites (N-methyl/N-ethyl adjacent to an activating group) is 1. The van der Waals surface area contributed by atoms with Crippen molar-refractivity contribution in [1.29, 1.82) is 0 Å². The van der Waals surface area contributed by atoms with Crippen molar-refractivity contribution in [3.63, 3.8) is 0 Å². The zero-order valence-electron chi connectivity index (χ0n) is 10.6. The Morgan fingerprint density at radius 1 is 1.00 bits per heavy atom. The van der Waals surface area contributed by atoms with Gasteiger partial charge in [0.15, 0.2) is 0 Å². The largest absolute Gasteiger partial charge is 0.315 e. The third-order valence-electron chi connectivity index (χ3n) is 2.65. The molecule has 0 heterocycles. The van der Waals surface area contributed by atoms with Crippen LogP contribution in [0.3, 0.4) is 0 Å². The van der Waals surface area contributed by atoms with Gasteiger partial charge in [-0.25, -0.2) is 0 Å². The molecular weight excluding hydrogens is 196 g/mol. The molecule has 0 bridgehead atoms. The minimum Gasteiger partial charge on any atom is -0.315 e. The maximum Gasteiger partial charge on any atom is 0.0101 e. The molecule has 0 amide bonds. The minimum atomic E-state index is 1.10. The monoisotopic (exact) mass is 220 g/mol. The maximum absolute atomic E-state index is 3.46. The normalized spacial score (nSPS) is 10.9. The van der Waals surface area contributed by atoms with Gasteiger partial charge in [0.05, 0.1) is 0 Å². The van der Waals surface area contributed by atoms with E-state index in [2.05, 4.69) is 54.6 Å². The van der Waals surface area contributed by atoms with Crippen molar-refractivity contribution >= 4 is 0 Å². The number of aryl methyl sites for hydroxylation is 1. The Balaban J connectivity index is 1.93. The molecule has 0 aliphatic heterocycles. The summed E-state index contributed by atoms with van der Waals surface area (Å²) >= 11 is 0. The van der Waals surface area contributed by atoms with Gasteiger partial charge in [-0.05, 0) is 45.5 Å². The number of nitrogens with one attached hydrogen (secondary N) is 1. The number of unbranched alkanes of at least 4 members (excludes halogenated alkanes) is 1. The fourth-order valence-electron chi connectivity index (χ4n) is 1.65. The van der Waals surface area contributed by atoms with Crippen LogP contribution in [0.4, 0.5) is 0 Å². The van der Waals surface area contributed by atoms with Gasteiger partial charge in [-0.3, -0.25) is 0 Å². The zero-order valence-corrected chi connectivity index (χ0v) is 10.6. The van der Waals surface area contributed by atoms with Crippen molar-refractivity contribution in [3.05, 3.63) is 35.9 Å². The highest BCUT2D eigenvalue weighted by Gasteiger charge is 1.93. The molecule has 0 aliphatic rings. The summed E-state index contributed by atoms with van der Waals surface area (Å²) in [6, 6.07) is 10.7. The lowest BCUT2D eigenvalue weighted by atomic mass is 10.1. The Hall–Kier alpha value is -0.860. The van der Waals surface area contributed by atoms with E-state index in [4.69, 9.17) is 0 Å². The van der Waals surface area contributed by atoms with Crippen LogP contribution in [0.1, 0.15) is 18.4 Å². The molecule has 0 radical (unpaired) electrons. The molecule has 0 aliphatic carbocycles. The average molecular weight is 220 g/mol. The van der Waals surface area contributed by atoms with Gasteiger partial charge in [0.2, 0.25) is 0 Å². The second-order valence-corrected chi connectivity index (χ2v) is 4.50. The smallest absolute Gasteiger partial charge is 0.0101 e. The van der Waals surface area contributed by atoms with Gasteiger partial charge in [-0.1, -0.05) is 30.3 Å². The summed E-state index contributed by atoms with van der Waals surface area (Å²) in [6.07, 6.45) is 3.75. The van der Waals surface area contributed by atoms with E-state index in [1.54, 1.807) is 0 Å². The first-order valence-corrected chi connectivity index (χ1v) is 6.18. The fourth-order valence-corrected chi connectivity index (χ4v) is 1.65. The highest BCUT2D eigenvalue weighted by molar-refractivity contribution is 5.14. The molecule has 1 rings (SSSR count). The third-order valence-corrected chi connectivity index (χ3v) is 2.65. The highest BCUT2D eigenvalue weighted by Crippen LogP contribution is 2.03. The van der Waals surface area contributed by atoms with Gasteiger partial charge in [-0.15, -0.1) is 0 Å². The fraction of sp³-hybridized carbons (Fsp3) is 0.571. The summed E-state index contributed by atoms with van der Waals surface area (Å²) in [5, 5.41) is 3.46. The molecule has 0 unspecified atom stereocenters. The minimum absolute atomic E-state index is 1.10. The highest BCUT2D eigenvalue weighted by atomic mass is 15.1. The molecule has 0 aromatic heterocycles. The lowest BCUT2D eigenvalue weighted by molar-refractivity contribution is 0.399. The molecule has 2 heteroatoms. The van der Waals surface area contributed by atoms with Crippen molar-refractivity contribution in [3.8, 4) is 0 Å². The van der Waals surface area contributed by atoms with E-state index in [1.165, 1.54) is 24.8 Å². The van der Waals surface area contributed by atoms with Crippen LogP contribution in [-0.4, -0.2) is 38.6 Å². The van der Waals surface area contributed by atoms with E-state index < -0.39 is 0 Å². The lowest BCUT2D eigenvalue weighted by Gasteiger charge is -2.10. The van der Waals surface area contributed by atoms with Crippen LogP contribution in [0.5, 0.6) is 0 Å². The van der Waals surface area contributed by atoms with E-state index >= 15 is 0 Å². The van der Waals surface area contributed by atoms with Crippen LogP contribution >= 0.6 is 0 Å². The van der Waals surface area contributed by atoms with E-state index in [0.717, 1.165) is 19.6 Å². The second kappa shape index (κ2) is 8.31. The summed E-state index contributed by atoms with van der Waals surface area (Å²) < 4.78 is 0. The zero-order chi connectivity index (χ0) is 11.6. The molecule has 90 valence electrons. The van der Waals surface area contributed by atoms with Crippen molar-refractivity contribution in [2.75, 3.05) is 33.7 Å². The Labute approximate surface area is 99.7 Å². The first-order valence-electron chi connectivity index (χ1n) is 6.18. The van der Waals surface area contributed by atoms with E-state index in [0.29, 0.717) is 0 Å². The molecule has 0 spiro atoms. The van der Waals surface area contributed by atoms with Gasteiger partial charge >= 0.3 is 0 Å². The van der Waals surface area contributed by atoms with Gasteiger partial charge < -0.3 is 10.2 Å². The molecule has 1 N–H and O–H groups in total. The topological polar surface area (TPSA) is 15.3 Å². The Bertz CT molecular complexity index is 257. The van der Waals surface area contributed by atoms with E-state index in [-0.39, 0.29) is 0 Å². The quantitative estimate of drug-likeness (QED) is 0.675. The standard InChI is InChI=1S/C14H24N2/c1-16(2)13-12-15-11-7-6-10-14-8-4-3-5-9-14/h3-5,8-9,15H,6-7,10-13H2,1-2H3. The van der Waals surface area contributed by atoms with E-state index in [1.807, 2.05) is 0 Å². The molecule has 0 atom stereocenters. The summed E-state index contributed by atoms with van der Waals surface area (Å²) in [6.45, 7) is 3.36. The van der Waals surface area contributed by atoms with Crippen molar-refractivity contribution in [2.45, 2.75) is 19.3 Å². The van der Waals surface area contributed by atoms with Gasteiger partial charge in [0.25, 0.3) is 0 Å². The maximum atomic E-state index is 3.46. The van der Waals surface area contributed by atoms with Crippen molar-refractivity contribution in [2.24, 2.45) is 0 Å². The Morgan fingerprint density at radius 2 is 1.75 bits per heavy atom. The molecule has 2 nitrogen and oxygen atoms in total. The van der Waals surface area contributed by atoms with Crippen LogP contribution in [0.15, 0.2) is 30.3 Å². The van der Waals surface area contributed by atoms with E-state index in [9.17, 15) is 0 Å². The predicted molar refractivity (Wildman–Crippen MR) is 70.8 cm³/mol. The number of hydrogen-bond donors (Lipinski definition) is 1. The summed E-state index contributed by atoms with van der Waals surface area (Å²) in [5.41, 5.74) is 1.45. The number of nitrogens with zero attached hydrogens (tertiary/aromatic N) is 1. The second-order valence-electron chi connectivity index (χ2n) is 4.50. The number of hydrogen-bond acceptors (Lipinski definition) is 2. The summed E-state index contributed by atoms with van der Waals surface area (Å²) in [5.74, 6) is 0. The molecule has 0 saturated heterocycles. The van der Waals surface area contributed by atoms with Crippen LogP contribution < -0.4 is 5.32 Å². The Kier molecular flexibility index (Phi) is 6.86. The summed E-state index contributed by atoms with van der Waals surface area (Å²) in [7, 11) is 4.22. The van der Waals surface area contributed by atoms with Crippen LogP contribution in [0, 0.1) is 0 Å². The molecule has 1 aromatic carbocycles. The van der Waals surface area contributed by atoms with Gasteiger partial charge in [0, 0.05) is 13.1 Å². The lowest BCUT2D eigenvalue weighted by Crippen LogP contribution is -2.27. The van der Waals surface area contributed by atoms with Gasteiger partial charge in [0.1, 0.15) is 0 Å². The Morgan fingerprint density at radius 3 is 2.44 bits per heavy atom. The predicted octanol–water partition coefficient (Wildman–Crippen LogP) is 2.16. The van der Waals surface area contributed by atoms with Crippen LogP contribution in [0.25, 0.3) is 0 Å². The van der Waals surface area contributed by atoms with Crippen molar-refractivity contribution in [1.82, 2.24) is 10.2 Å². The van der Waals surface area contributed by atoms with Gasteiger partial charge in [-0.2, -0.15) is 0 Å². The average Bonchev–Trinajstić information content (AvgIpc) is 2.29. The first kappa shape index (κ1) is 13.2. The first-order chi connectivity index (χ1) is 7.79. The number of rotatable bonds is 8. The van der Waals surface area contributed by atoms with Crippen LogP contribution in [0.2, 0.25) is 0 Å². The SMILES string of the molecule is CN(C)CCNCCCCc1ccccc1. The molecule has 0 saturated carbocycles. The molecule has 1 aromatic rings. The molecule has 0 fully saturated rings. The van der Waals surface area contributed by atoms with Crippen molar-refractivity contribution < 1.29 is 0 Å².